The van der Waals surface area contributed by atoms with Crippen molar-refractivity contribution in [3.05, 3.63) is 48.7 Å². The Balaban J connectivity index is 2.01. The second-order valence-electron chi connectivity index (χ2n) is 5.89. The minimum atomic E-state index is -2.82. The van der Waals surface area contributed by atoms with Crippen LogP contribution in [0, 0.1) is 0 Å². The van der Waals surface area contributed by atoms with Crippen molar-refractivity contribution in [1.82, 2.24) is 4.98 Å². The van der Waals surface area contributed by atoms with Crippen LogP contribution in [0.15, 0.2) is 53.6 Å². The first kappa shape index (κ1) is 19.1. The summed E-state index contributed by atoms with van der Waals surface area (Å²) in [5, 5.41) is 3.88. The van der Waals surface area contributed by atoms with E-state index in [9.17, 15) is 13.2 Å². The van der Waals surface area contributed by atoms with Crippen LogP contribution in [-0.2, 0) is 15.5 Å². The average molecular weight is 402 g/mol. The van der Waals surface area contributed by atoms with Crippen LogP contribution in [0.3, 0.4) is 0 Å². The Hall–Kier alpha value is -2.71. The summed E-state index contributed by atoms with van der Waals surface area (Å²) in [7, 11) is 0.647. The van der Waals surface area contributed by atoms with E-state index >= 15 is 0 Å². The molecule has 0 saturated carbocycles. The van der Waals surface area contributed by atoms with E-state index in [4.69, 9.17) is 0 Å². The fourth-order valence-electron chi connectivity index (χ4n) is 2.58. The summed E-state index contributed by atoms with van der Waals surface area (Å²) in [5.74, 6) is -0.167. The van der Waals surface area contributed by atoms with E-state index in [1.807, 2.05) is 31.3 Å². The van der Waals surface area contributed by atoms with E-state index in [1.165, 1.54) is 29.2 Å². The topological polar surface area (TPSA) is 79.4 Å². The first-order chi connectivity index (χ1) is 12.9. The highest BCUT2D eigenvalue weighted by molar-refractivity contribution is 7.72. The molecule has 8 heteroatoms. The SMILES string of the molecule is CNc1ccc(-c2ncc(-c3ccc(N(C)C(C)=O)cc3[SH](=O)=O)s2)cc1. The molecule has 1 aromatic heterocycles. The van der Waals surface area contributed by atoms with Crippen molar-refractivity contribution >= 4 is 39.3 Å². The van der Waals surface area contributed by atoms with E-state index < -0.39 is 10.7 Å². The van der Waals surface area contributed by atoms with E-state index in [0.717, 1.165) is 21.1 Å². The summed E-state index contributed by atoms with van der Waals surface area (Å²) in [5.41, 5.74) is 3.09. The largest absolute Gasteiger partial charge is 0.388 e. The molecule has 0 saturated heterocycles. The number of carbonyl (C=O) groups is 1. The van der Waals surface area contributed by atoms with Gasteiger partial charge in [-0.1, -0.05) is 6.07 Å². The van der Waals surface area contributed by atoms with Crippen molar-refractivity contribution in [2.24, 2.45) is 0 Å². The van der Waals surface area contributed by atoms with Crippen molar-refractivity contribution < 1.29 is 13.2 Å². The monoisotopic (exact) mass is 401 g/mol. The second-order valence-corrected chi connectivity index (χ2v) is 7.92. The number of hydrogen-bond donors (Lipinski definition) is 2. The zero-order chi connectivity index (χ0) is 19.6. The minimum absolute atomic E-state index is 0.167. The van der Waals surface area contributed by atoms with Gasteiger partial charge in [0.25, 0.3) is 0 Å². The minimum Gasteiger partial charge on any atom is -0.388 e. The van der Waals surface area contributed by atoms with Crippen molar-refractivity contribution in [2.45, 2.75) is 11.8 Å². The van der Waals surface area contributed by atoms with E-state index in [1.54, 1.807) is 25.4 Å². The van der Waals surface area contributed by atoms with Crippen LogP contribution in [0.2, 0.25) is 0 Å². The molecule has 0 aliphatic rings. The van der Waals surface area contributed by atoms with Gasteiger partial charge in [-0.15, -0.1) is 11.3 Å². The fraction of sp³-hybridized carbons (Fsp3) is 0.158. The van der Waals surface area contributed by atoms with Crippen molar-refractivity contribution in [3.8, 4) is 21.0 Å². The predicted molar refractivity (Wildman–Crippen MR) is 110 cm³/mol. The normalized spacial score (nSPS) is 10.8. The maximum atomic E-state index is 11.8. The van der Waals surface area contributed by atoms with Gasteiger partial charge in [-0.3, -0.25) is 4.79 Å². The Bertz CT molecular complexity index is 1050. The molecule has 0 aliphatic carbocycles. The Morgan fingerprint density at radius 1 is 1.15 bits per heavy atom. The molecular weight excluding hydrogens is 382 g/mol. The summed E-state index contributed by atoms with van der Waals surface area (Å²) < 4.78 is 23.6. The fourth-order valence-corrected chi connectivity index (χ4v) is 4.25. The van der Waals surface area contributed by atoms with Crippen LogP contribution < -0.4 is 10.2 Å². The molecule has 0 bridgehead atoms. The van der Waals surface area contributed by atoms with Crippen LogP contribution in [0.1, 0.15) is 6.92 Å². The molecule has 0 atom stereocenters. The Morgan fingerprint density at radius 2 is 1.85 bits per heavy atom. The molecule has 3 rings (SSSR count). The predicted octanol–water partition coefficient (Wildman–Crippen LogP) is 3.47. The number of thiol groups is 1. The number of benzene rings is 2. The lowest BCUT2D eigenvalue weighted by Gasteiger charge is -2.16. The molecule has 1 N–H and O–H groups in total. The lowest BCUT2D eigenvalue weighted by molar-refractivity contribution is -0.116. The highest BCUT2D eigenvalue weighted by Gasteiger charge is 2.15. The van der Waals surface area contributed by atoms with Crippen LogP contribution in [0.25, 0.3) is 21.0 Å². The molecule has 0 unspecified atom stereocenters. The molecule has 0 spiro atoms. The number of rotatable bonds is 5. The zero-order valence-electron chi connectivity index (χ0n) is 15.1. The third-order valence-electron chi connectivity index (χ3n) is 4.23. The van der Waals surface area contributed by atoms with Crippen LogP contribution in [0.5, 0.6) is 0 Å². The van der Waals surface area contributed by atoms with Crippen molar-refractivity contribution in [2.75, 3.05) is 24.3 Å². The number of aromatic nitrogens is 1. The van der Waals surface area contributed by atoms with Crippen LogP contribution >= 0.6 is 11.3 Å². The maximum Gasteiger partial charge on any atom is 0.223 e. The molecule has 2 aromatic carbocycles. The van der Waals surface area contributed by atoms with Gasteiger partial charge in [0.15, 0.2) is 10.7 Å². The lowest BCUT2D eigenvalue weighted by Crippen LogP contribution is -2.22. The van der Waals surface area contributed by atoms with E-state index in [-0.39, 0.29) is 10.8 Å². The highest BCUT2D eigenvalue weighted by Crippen LogP contribution is 2.36. The summed E-state index contributed by atoms with van der Waals surface area (Å²) in [6.45, 7) is 1.43. The van der Waals surface area contributed by atoms with Crippen molar-refractivity contribution in [3.63, 3.8) is 0 Å². The van der Waals surface area contributed by atoms with Gasteiger partial charge in [-0.2, -0.15) is 0 Å². The number of anilines is 2. The van der Waals surface area contributed by atoms with Gasteiger partial charge >= 0.3 is 0 Å². The molecule has 27 heavy (non-hydrogen) atoms. The van der Waals surface area contributed by atoms with Gasteiger partial charge in [-0.25, -0.2) is 13.4 Å². The number of nitrogens with zero attached hydrogens (tertiary/aromatic N) is 2. The molecule has 0 fully saturated rings. The van der Waals surface area contributed by atoms with Gasteiger partial charge in [0.1, 0.15) is 5.01 Å². The van der Waals surface area contributed by atoms with Gasteiger partial charge in [-0.05, 0) is 36.4 Å². The first-order valence-corrected chi connectivity index (χ1v) is 10.2. The number of hydrogen-bond acceptors (Lipinski definition) is 6. The highest BCUT2D eigenvalue weighted by atomic mass is 32.2. The molecule has 0 aliphatic heterocycles. The number of amides is 1. The van der Waals surface area contributed by atoms with Gasteiger partial charge < -0.3 is 10.2 Å². The third-order valence-corrected chi connectivity index (χ3v) is 6.07. The van der Waals surface area contributed by atoms with E-state index in [2.05, 4.69) is 10.3 Å². The number of carbonyl (C=O) groups excluding carboxylic acids is 1. The van der Waals surface area contributed by atoms with Crippen molar-refractivity contribution in [1.29, 1.82) is 0 Å². The summed E-state index contributed by atoms with van der Waals surface area (Å²) in [6, 6.07) is 12.8. The number of nitrogens with one attached hydrogen (secondary N) is 1. The van der Waals surface area contributed by atoms with Gasteiger partial charge in [0.2, 0.25) is 5.91 Å². The number of thiazole rings is 1. The van der Waals surface area contributed by atoms with Gasteiger partial charge in [0, 0.05) is 49.7 Å². The molecule has 6 nitrogen and oxygen atoms in total. The molecule has 3 aromatic rings. The molecule has 1 amide bonds. The summed E-state index contributed by atoms with van der Waals surface area (Å²) >= 11 is 1.43. The standard InChI is InChI=1S/C19H19N3O3S2/c1-12(23)22(3)15-8-9-16(18(10-15)27(24)25)17-11-21-19(26-17)13-4-6-14(20-2)7-5-13/h4-11,20,27H,1-3H3. The van der Waals surface area contributed by atoms with Crippen LogP contribution in [0.4, 0.5) is 11.4 Å². The second kappa shape index (κ2) is 7.89. The maximum absolute atomic E-state index is 11.8. The van der Waals surface area contributed by atoms with E-state index in [0.29, 0.717) is 11.3 Å². The third kappa shape index (κ3) is 4.01. The summed E-state index contributed by atoms with van der Waals surface area (Å²) in [6.07, 6.45) is 1.68. The lowest BCUT2D eigenvalue weighted by atomic mass is 10.1. The Kier molecular flexibility index (Phi) is 5.57. The molecule has 0 radical (unpaired) electrons. The zero-order valence-corrected chi connectivity index (χ0v) is 16.8. The van der Waals surface area contributed by atoms with Gasteiger partial charge in [0.05, 0.1) is 9.77 Å². The smallest absolute Gasteiger partial charge is 0.223 e. The Morgan fingerprint density at radius 3 is 2.44 bits per heavy atom. The molecule has 140 valence electrons. The first-order valence-electron chi connectivity index (χ1n) is 8.18. The quantitative estimate of drug-likeness (QED) is 0.640. The molecular formula is C19H19N3O3S2. The summed E-state index contributed by atoms with van der Waals surface area (Å²) in [4.78, 5) is 18.3. The average Bonchev–Trinajstić information content (AvgIpc) is 3.16. The van der Waals surface area contributed by atoms with Crippen LogP contribution in [-0.4, -0.2) is 33.4 Å². The molecule has 1 heterocycles. The Labute approximate surface area is 163 Å².